The van der Waals surface area contributed by atoms with E-state index in [2.05, 4.69) is 0 Å². The second-order valence-corrected chi connectivity index (χ2v) is 2.82. The Morgan fingerprint density at radius 1 is 1.43 bits per heavy atom. The average molecular weight is 218 g/mol. The summed E-state index contributed by atoms with van der Waals surface area (Å²) in [5, 5.41) is 9.73. The van der Waals surface area contributed by atoms with Gasteiger partial charge in [0.2, 0.25) is 0 Å². The zero-order chi connectivity index (χ0) is 10.7. The van der Waals surface area contributed by atoms with Crippen LogP contribution in [0, 0.1) is 11.6 Å². The van der Waals surface area contributed by atoms with Crippen molar-refractivity contribution >= 4 is 23.6 Å². The van der Waals surface area contributed by atoms with Crippen molar-refractivity contribution in [1.82, 2.24) is 0 Å². The molecule has 0 bridgehead atoms. The fraction of sp³-hybridized carbons (Fsp3) is 0. The van der Waals surface area contributed by atoms with Gasteiger partial charge in [-0.25, -0.2) is 8.78 Å². The van der Waals surface area contributed by atoms with Crippen molar-refractivity contribution in [3.05, 3.63) is 40.4 Å². The van der Waals surface area contributed by atoms with Gasteiger partial charge in [-0.15, -0.1) is 0 Å². The number of carbonyl (C=O) groups excluding carboxylic acids is 1. The molecule has 5 heteroatoms. The van der Waals surface area contributed by atoms with Gasteiger partial charge in [-0.2, -0.15) is 0 Å². The molecule has 0 aliphatic rings. The van der Waals surface area contributed by atoms with Crippen LogP contribution in [0.4, 0.5) is 8.78 Å². The number of rotatable bonds is 2. The molecule has 14 heavy (non-hydrogen) atoms. The zero-order valence-corrected chi connectivity index (χ0v) is 7.52. The van der Waals surface area contributed by atoms with Gasteiger partial charge >= 0.3 is 0 Å². The standard InChI is InChI=1S/C9H5ClF2O2/c10-6-2-3-7(11)5(9(6)12)1-4-8(13)14/h1-4H,(H,13,14)/p-1/b4-1+. The van der Waals surface area contributed by atoms with E-state index in [0.717, 1.165) is 18.2 Å². The van der Waals surface area contributed by atoms with Gasteiger partial charge in [0.1, 0.15) is 5.82 Å². The summed E-state index contributed by atoms with van der Waals surface area (Å²) in [4.78, 5) is 10.0. The van der Waals surface area contributed by atoms with Crippen molar-refractivity contribution in [2.24, 2.45) is 0 Å². The molecule has 0 saturated carbocycles. The second-order valence-electron chi connectivity index (χ2n) is 2.41. The SMILES string of the molecule is O=C([O-])/C=C/c1c(F)ccc(Cl)c1F. The van der Waals surface area contributed by atoms with E-state index in [-0.39, 0.29) is 5.02 Å². The minimum Gasteiger partial charge on any atom is -0.545 e. The highest BCUT2D eigenvalue weighted by molar-refractivity contribution is 6.30. The van der Waals surface area contributed by atoms with Crippen molar-refractivity contribution in [3.63, 3.8) is 0 Å². The fourth-order valence-corrected chi connectivity index (χ4v) is 1.01. The Labute approximate surface area is 83.4 Å². The van der Waals surface area contributed by atoms with Crippen LogP contribution in [-0.4, -0.2) is 5.97 Å². The van der Waals surface area contributed by atoms with Crippen LogP contribution in [0.2, 0.25) is 5.02 Å². The molecule has 1 aromatic carbocycles. The maximum absolute atomic E-state index is 13.1. The minimum atomic E-state index is -1.54. The second kappa shape index (κ2) is 4.19. The first-order valence-electron chi connectivity index (χ1n) is 3.55. The van der Waals surface area contributed by atoms with Gasteiger partial charge in [-0.05, 0) is 24.3 Å². The summed E-state index contributed by atoms with van der Waals surface area (Å²) in [6, 6.07) is 1.99. The highest BCUT2D eigenvalue weighted by Gasteiger charge is 2.09. The molecule has 0 aliphatic carbocycles. The van der Waals surface area contributed by atoms with Crippen LogP contribution in [0.3, 0.4) is 0 Å². The van der Waals surface area contributed by atoms with Crippen molar-refractivity contribution < 1.29 is 18.7 Å². The molecular formula is C9H4ClF2O2-. The topological polar surface area (TPSA) is 40.1 Å². The Morgan fingerprint density at radius 2 is 2.07 bits per heavy atom. The third kappa shape index (κ3) is 2.29. The maximum atomic E-state index is 13.1. The number of benzene rings is 1. The van der Waals surface area contributed by atoms with Crippen LogP contribution < -0.4 is 5.11 Å². The number of halogens is 3. The van der Waals surface area contributed by atoms with Crippen LogP contribution >= 0.6 is 11.6 Å². The summed E-state index contributed by atoms with van der Waals surface area (Å²) < 4.78 is 26.0. The van der Waals surface area contributed by atoms with Crippen molar-refractivity contribution in [2.75, 3.05) is 0 Å². The quantitative estimate of drug-likeness (QED) is 0.555. The largest absolute Gasteiger partial charge is 0.545 e. The third-order valence-electron chi connectivity index (χ3n) is 1.47. The van der Waals surface area contributed by atoms with Crippen molar-refractivity contribution in [1.29, 1.82) is 0 Å². The molecule has 0 radical (unpaired) electrons. The Hall–Kier alpha value is -1.42. The smallest absolute Gasteiger partial charge is 0.151 e. The molecule has 0 fully saturated rings. The highest BCUT2D eigenvalue weighted by atomic mass is 35.5. The van der Waals surface area contributed by atoms with Crippen LogP contribution in [-0.2, 0) is 4.79 Å². The Bertz CT molecular complexity index is 402. The van der Waals surface area contributed by atoms with Gasteiger partial charge < -0.3 is 9.90 Å². The molecule has 0 N–H and O–H groups in total. The first-order valence-corrected chi connectivity index (χ1v) is 3.92. The van der Waals surface area contributed by atoms with E-state index < -0.39 is 23.2 Å². The first-order chi connectivity index (χ1) is 6.52. The first kappa shape index (κ1) is 10.7. The summed E-state index contributed by atoms with van der Waals surface area (Å²) in [6.45, 7) is 0. The minimum absolute atomic E-state index is 0.274. The molecule has 0 aromatic heterocycles. The van der Waals surface area contributed by atoms with Crippen LogP contribution in [0.15, 0.2) is 18.2 Å². The summed E-state index contributed by atoms with van der Waals surface area (Å²) >= 11 is 5.36. The van der Waals surface area contributed by atoms with Crippen LogP contribution in [0.5, 0.6) is 0 Å². The number of aliphatic carboxylic acids is 1. The van der Waals surface area contributed by atoms with E-state index >= 15 is 0 Å². The number of carboxylic acid groups (broad SMARTS) is 1. The monoisotopic (exact) mass is 217 g/mol. The summed E-state index contributed by atoms with van der Waals surface area (Å²) in [5.74, 6) is -3.42. The van der Waals surface area contributed by atoms with E-state index in [9.17, 15) is 18.7 Å². The van der Waals surface area contributed by atoms with E-state index in [1.165, 1.54) is 0 Å². The van der Waals surface area contributed by atoms with Gasteiger partial charge in [-0.1, -0.05) is 11.6 Å². The lowest BCUT2D eigenvalue weighted by atomic mass is 10.2. The molecule has 1 rings (SSSR count). The van der Waals surface area contributed by atoms with Crippen molar-refractivity contribution in [3.8, 4) is 0 Å². The Kier molecular flexibility index (Phi) is 3.19. The molecule has 0 unspecified atom stereocenters. The molecule has 0 saturated heterocycles. The lowest BCUT2D eigenvalue weighted by Gasteiger charge is -2.01. The lowest BCUT2D eigenvalue weighted by molar-refractivity contribution is -0.297. The number of hydrogen-bond acceptors (Lipinski definition) is 2. The highest BCUT2D eigenvalue weighted by Crippen LogP contribution is 2.21. The molecular weight excluding hydrogens is 214 g/mol. The molecule has 0 heterocycles. The Balaban J connectivity index is 3.19. The van der Waals surface area contributed by atoms with E-state index in [1.54, 1.807) is 0 Å². The summed E-state index contributed by atoms with van der Waals surface area (Å²) in [5.41, 5.74) is -0.498. The molecule has 1 aromatic rings. The van der Waals surface area contributed by atoms with E-state index in [0.29, 0.717) is 6.08 Å². The van der Waals surface area contributed by atoms with Gasteiger partial charge in [0, 0.05) is 5.56 Å². The Morgan fingerprint density at radius 3 is 2.64 bits per heavy atom. The number of carboxylic acids is 1. The number of carbonyl (C=O) groups is 1. The maximum Gasteiger partial charge on any atom is 0.151 e. The molecule has 0 amide bonds. The van der Waals surface area contributed by atoms with Gasteiger partial charge in [0.25, 0.3) is 0 Å². The van der Waals surface area contributed by atoms with Crippen molar-refractivity contribution in [2.45, 2.75) is 0 Å². The third-order valence-corrected chi connectivity index (χ3v) is 1.76. The normalized spacial score (nSPS) is 10.8. The van der Waals surface area contributed by atoms with Gasteiger partial charge in [-0.3, -0.25) is 0 Å². The predicted molar refractivity (Wildman–Crippen MR) is 45.4 cm³/mol. The zero-order valence-electron chi connectivity index (χ0n) is 6.76. The molecule has 0 atom stereocenters. The summed E-state index contributed by atoms with van der Waals surface area (Å²) in [6.07, 6.45) is 1.28. The van der Waals surface area contributed by atoms with E-state index in [4.69, 9.17) is 11.6 Å². The molecule has 74 valence electrons. The van der Waals surface area contributed by atoms with Crippen LogP contribution in [0.1, 0.15) is 5.56 Å². The van der Waals surface area contributed by atoms with Crippen LogP contribution in [0.25, 0.3) is 6.08 Å². The summed E-state index contributed by atoms with van der Waals surface area (Å²) in [7, 11) is 0. The molecule has 0 spiro atoms. The average Bonchev–Trinajstić information content (AvgIpc) is 2.11. The molecule has 0 aliphatic heterocycles. The predicted octanol–water partition coefficient (Wildman–Crippen LogP) is 1.38. The fourth-order valence-electron chi connectivity index (χ4n) is 0.847. The lowest BCUT2D eigenvalue weighted by Crippen LogP contribution is -2.18. The van der Waals surface area contributed by atoms with E-state index in [1.807, 2.05) is 0 Å². The van der Waals surface area contributed by atoms with Gasteiger partial charge in [0.05, 0.1) is 11.0 Å². The molecule has 2 nitrogen and oxygen atoms in total. The number of hydrogen-bond donors (Lipinski definition) is 0. The van der Waals surface area contributed by atoms with Gasteiger partial charge in [0.15, 0.2) is 5.82 Å².